The summed E-state index contributed by atoms with van der Waals surface area (Å²) in [7, 11) is 1.00. The molecule has 17 heavy (non-hydrogen) atoms. The number of rotatable bonds is 3. The predicted molar refractivity (Wildman–Crippen MR) is 74.6 cm³/mol. The van der Waals surface area contributed by atoms with Crippen molar-refractivity contribution in [2.24, 2.45) is 11.0 Å². The van der Waals surface area contributed by atoms with Crippen LogP contribution in [0.2, 0.25) is 0 Å². The fourth-order valence-electron chi connectivity index (χ4n) is 1.03. The van der Waals surface area contributed by atoms with Crippen molar-refractivity contribution in [2.45, 2.75) is 27.7 Å². The van der Waals surface area contributed by atoms with Crippen molar-refractivity contribution >= 4 is 11.8 Å². The van der Waals surface area contributed by atoms with Crippen LogP contribution >= 0.6 is 0 Å². The lowest BCUT2D eigenvalue weighted by molar-refractivity contribution is 0.399. The lowest BCUT2D eigenvalue weighted by Crippen LogP contribution is -1.78. The molecule has 0 aliphatic heterocycles. The number of nitrogens with zero attached hydrogens (tertiary/aromatic N) is 1. The maximum atomic E-state index is 7.00. The molecule has 0 radical (unpaired) electrons. The van der Waals surface area contributed by atoms with E-state index in [1.54, 1.807) is 0 Å². The topological polar surface area (TPSA) is 56.4 Å². The Kier molecular flexibility index (Phi) is 13.3. The Labute approximate surface area is 105 Å². The lowest BCUT2D eigenvalue weighted by atomic mass is 10.1. The molecule has 0 fully saturated rings. The van der Waals surface area contributed by atoms with Crippen molar-refractivity contribution < 1.29 is 5.11 Å². The average molecular weight is 236 g/mol. The van der Waals surface area contributed by atoms with E-state index in [-0.39, 0.29) is 0 Å². The third-order valence-electron chi connectivity index (χ3n) is 1.72. The van der Waals surface area contributed by atoms with Crippen molar-refractivity contribution in [1.29, 1.82) is 5.53 Å². The Balaban J connectivity index is 0. The first-order valence-electron chi connectivity index (χ1n) is 5.83. The molecule has 96 valence electrons. The molecule has 0 bridgehead atoms. The summed E-state index contributed by atoms with van der Waals surface area (Å²) >= 11 is 0. The Morgan fingerprint density at radius 1 is 1.18 bits per heavy atom. The van der Waals surface area contributed by atoms with E-state index in [1.807, 2.05) is 44.2 Å². The minimum absolute atomic E-state index is 0.527. The highest BCUT2D eigenvalue weighted by atomic mass is 16.2. The Hall–Kier alpha value is -1.48. The number of aliphatic hydroxyl groups excluding tert-OH is 1. The van der Waals surface area contributed by atoms with Gasteiger partial charge in [-0.05, 0) is 12.0 Å². The van der Waals surface area contributed by atoms with Crippen LogP contribution in [0, 0.1) is 11.4 Å². The maximum Gasteiger partial charge on any atom is 0.0922 e. The minimum atomic E-state index is 0.527. The number of allylic oxidation sites excluding steroid dienone is 1. The first-order valence-corrected chi connectivity index (χ1v) is 5.83. The molecule has 1 aromatic carbocycles. The van der Waals surface area contributed by atoms with Gasteiger partial charge in [0.2, 0.25) is 0 Å². The summed E-state index contributed by atoms with van der Waals surface area (Å²) < 4.78 is 0. The Morgan fingerprint density at radius 3 is 2.18 bits per heavy atom. The third kappa shape index (κ3) is 8.34. The molecular formula is C14H24N2O. The highest BCUT2D eigenvalue weighted by molar-refractivity contribution is 5.63. The molecule has 2 N–H and O–H groups in total. The monoisotopic (exact) mass is 236 g/mol. The van der Waals surface area contributed by atoms with Gasteiger partial charge in [0.25, 0.3) is 0 Å². The molecular weight excluding hydrogens is 212 g/mol. The quantitative estimate of drug-likeness (QED) is 0.737. The first-order chi connectivity index (χ1) is 8.24. The van der Waals surface area contributed by atoms with Crippen LogP contribution in [-0.4, -0.2) is 12.2 Å². The zero-order valence-corrected chi connectivity index (χ0v) is 11.4. The Morgan fingerprint density at radius 2 is 1.71 bits per heavy atom. The second-order valence-electron chi connectivity index (χ2n) is 3.27. The van der Waals surface area contributed by atoms with Gasteiger partial charge >= 0.3 is 0 Å². The van der Waals surface area contributed by atoms with Crippen molar-refractivity contribution in [3.63, 3.8) is 0 Å². The molecule has 3 heteroatoms. The minimum Gasteiger partial charge on any atom is -0.400 e. The van der Waals surface area contributed by atoms with Crippen molar-refractivity contribution in [3.8, 4) is 0 Å². The molecule has 0 atom stereocenters. The molecule has 1 rings (SSSR count). The van der Waals surface area contributed by atoms with Crippen LogP contribution in [0.3, 0.4) is 0 Å². The van der Waals surface area contributed by atoms with Crippen molar-refractivity contribution in [3.05, 3.63) is 35.9 Å². The number of aliphatic hydroxyl groups is 1. The van der Waals surface area contributed by atoms with Gasteiger partial charge in [-0.1, -0.05) is 58.0 Å². The van der Waals surface area contributed by atoms with E-state index in [0.29, 0.717) is 5.92 Å². The Bertz CT molecular complexity index is 320. The molecule has 0 heterocycles. The van der Waals surface area contributed by atoms with Gasteiger partial charge in [-0.25, -0.2) is 5.53 Å². The SMILES string of the molecule is CC.CC(C)/C=C\c1ccccc1N=N.CO. The third-order valence-corrected chi connectivity index (χ3v) is 1.72. The van der Waals surface area contributed by atoms with Gasteiger partial charge in [-0.15, -0.1) is 0 Å². The molecule has 0 amide bonds. The average Bonchev–Trinajstić information content (AvgIpc) is 2.41. The second-order valence-corrected chi connectivity index (χ2v) is 3.27. The fraction of sp³-hybridized carbons (Fsp3) is 0.429. The van der Waals surface area contributed by atoms with Crippen LogP contribution < -0.4 is 0 Å². The van der Waals surface area contributed by atoms with Crippen LogP contribution in [-0.2, 0) is 0 Å². The number of para-hydroxylation sites is 1. The van der Waals surface area contributed by atoms with Gasteiger partial charge in [0.1, 0.15) is 0 Å². The van der Waals surface area contributed by atoms with Crippen LogP contribution in [0.1, 0.15) is 33.3 Å². The number of hydrogen-bond acceptors (Lipinski definition) is 3. The lowest BCUT2D eigenvalue weighted by Gasteiger charge is -1.98. The predicted octanol–water partition coefficient (Wildman–Crippen LogP) is 4.65. The molecule has 0 saturated carbocycles. The zero-order chi connectivity index (χ0) is 13.7. The smallest absolute Gasteiger partial charge is 0.0922 e. The van der Waals surface area contributed by atoms with Gasteiger partial charge in [0.15, 0.2) is 0 Å². The van der Waals surface area contributed by atoms with Crippen LogP contribution in [0.15, 0.2) is 35.5 Å². The van der Waals surface area contributed by atoms with E-state index >= 15 is 0 Å². The van der Waals surface area contributed by atoms with Gasteiger partial charge < -0.3 is 5.11 Å². The normalized spacial score (nSPS) is 9.12. The molecule has 1 aromatic rings. The van der Waals surface area contributed by atoms with Gasteiger partial charge in [0, 0.05) is 12.7 Å². The summed E-state index contributed by atoms with van der Waals surface area (Å²) in [5.74, 6) is 0.527. The van der Waals surface area contributed by atoms with E-state index in [4.69, 9.17) is 10.6 Å². The standard InChI is InChI=1S/C11H14N2.C2H6.CH4O/c1-9(2)7-8-10-5-3-4-6-11(10)13-12;2*1-2/h3-9,12H,1-2H3;1-2H3;2H,1H3/b8-7-,13-12?;;. The highest BCUT2D eigenvalue weighted by Gasteiger charge is 1.95. The van der Waals surface area contributed by atoms with Gasteiger partial charge in [-0.2, -0.15) is 5.11 Å². The first kappa shape index (κ1) is 17.9. The molecule has 0 aliphatic rings. The van der Waals surface area contributed by atoms with E-state index < -0.39 is 0 Å². The summed E-state index contributed by atoms with van der Waals surface area (Å²) in [6.07, 6.45) is 4.11. The zero-order valence-electron chi connectivity index (χ0n) is 11.4. The second kappa shape index (κ2) is 12.6. The summed E-state index contributed by atoms with van der Waals surface area (Å²) in [5, 5.41) is 10.4. The number of benzene rings is 1. The maximum absolute atomic E-state index is 7.00. The molecule has 0 aliphatic carbocycles. The van der Waals surface area contributed by atoms with Crippen molar-refractivity contribution in [2.75, 3.05) is 7.11 Å². The molecule has 0 spiro atoms. The van der Waals surface area contributed by atoms with E-state index in [1.165, 1.54) is 0 Å². The van der Waals surface area contributed by atoms with E-state index in [0.717, 1.165) is 18.4 Å². The largest absolute Gasteiger partial charge is 0.400 e. The van der Waals surface area contributed by atoms with Gasteiger partial charge in [0.05, 0.1) is 5.69 Å². The highest BCUT2D eigenvalue weighted by Crippen LogP contribution is 2.19. The van der Waals surface area contributed by atoms with E-state index in [9.17, 15) is 0 Å². The number of nitrogens with one attached hydrogen (secondary N) is 1. The molecule has 3 nitrogen and oxygen atoms in total. The van der Waals surface area contributed by atoms with Crippen LogP contribution in [0.4, 0.5) is 5.69 Å². The van der Waals surface area contributed by atoms with Crippen LogP contribution in [0.5, 0.6) is 0 Å². The summed E-state index contributed by atoms with van der Waals surface area (Å²) in [6.45, 7) is 8.24. The molecule has 0 saturated heterocycles. The summed E-state index contributed by atoms with van der Waals surface area (Å²) in [6, 6.07) is 7.65. The number of hydrogen-bond donors (Lipinski definition) is 2. The van der Waals surface area contributed by atoms with Gasteiger partial charge in [-0.3, -0.25) is 0 Å². The summed E-state index contributed by atoms with van der Waals surface area (Å²) in [5.41, 5.74) is 8.69. The van der Waals surface area contributed by atoms with E-state index in [2.05, 4.69) is 25.0 Å². The van der Waals surface area contributed by atoms with Crippen LogP contribution in [0.25, 0.3) is 6.08 Å². The molecule has 0 aromatic heterocycles. The summed E-state index contributed by atoms with van der Waals surface area (Å²) in [4.78, 5) is 0. The van der Waals surface area contributed by atoms with Crippen molar-refractivity contribution in [1.82, 2.24) is 0 Å². The fourth-order valence-corrected chi connectivity index (χ4v) is 1.03. The molecule has 0 unspecified atom stereocenters.